The summed E-state index contributed by atoms with van der Waals surface area (Å²) in [7, 11) is 1.70. The van der Waals surface area contributed by atoms with Gasteiger partial charge in [0.25, 0.3) is 0 Å². The topological polar surface area (TPSA) is 41.7 Å². The fourth-order valence-electron chi connectivity index (χ4n) is 3.68. The number of ether oxygens (including phenoxy) is 1. The molecule has 2 fully saturated rings. The van der Waals surface area contributed by atoms with Crippen molar-refractivity contribution in [3.63, 3.8) is 0 Å². The van der Waals surface area contributed by atoms with Crippen molar-refractivity contribution in [3.8, 4) is 5.75 Å². The zero-order valence-electron chi connectivity index (χ0n) is 13.1. The molecular formula is C17H27N3O. The first-order valence-corrected chi connectivity index (χ1v) is 8.20. The largest absolute Gasteiger partial charge is 0.497 e. The number of nitrogen functional groups attached to an aromatic ring is 1. The minimum atomic E-state index is 0.780. The van der Waals surface area contributed by atoms with Crippen LogP contribution in [0.3, 0.4) is 0 Å². The van der Waals surface area contributed by atoms with Crippen LogP contribution in [0.15, 0.2) is 18.2 Å². The van der Waals surface area contributed by atoms with Crippen LogP contribution >= 0.6 is 0 Å². The van der Waals surface area contributed by atoms with Crippen LogP contribution in [0.5, 0.6) is 5.75 Å². The van der Waals surface area contributed by atoms with E-state index in [-0.39, 0.29) is 0 Å². The van der Waals surface area contributed by atoms with Crippen molar-refractivity contribution in [1.82, 2.24) is 4.90 Å². The van der Waals surface area contributed by atoms with Gasteiger partial charge in [-0.15, -0.1) is 0 Å². The molecule has 1 aromatic carbocycles. The second-order valence-electron chi connectivity index (χ2n) is 6.28. The lowest BCUT2D eigenvalue weighted by atomic mass is 9.99. The van der Waals surface area contributed by atoms with E-state index in [0.717, 1.165) is 30.6 Å². The molecular weight excluding hydrogens is 262 g/mol. The number of piperidine rings is 2. The van der Waals surface area contributed by atoms with E-state index in [1.54, 1.807) is 7.11 Å². The summed E-state index contributed by atoms with van der Waals surface area (Å²) in [6, 6.07) is 6.81. The molecule has 3 rings (SSSR count). The molecule has 2 saturated heterocycles. The molecule has 21 heavy (non-hydrogen) atoms. The van der Waals surface area contributed by atoms with E-state index < -0.39 is 0 Å². The molecule has 0 amide bonds. The number of benzene rings is 1. The summed E-state index contributed by atoms with van der Waals surface area (Å²) in [5, 5.41) is 0. The zero-order valence-corrected chi connectivity index (χ0v) is 13.1. The number of nitrogens with two attached hydrogens (primary N) is 1. The van der Waals surface area contributed by atoms with Crippen LogP contribution in [0.1, 0.15) is 32.1 Å². The van der Waals surface area contributed by atoms with E-state index in [1.807, 2.05) is 6.07 Å². The summed E-state index contributed by atoms with van der Waals surface area (Å²) in [5.74, 6) is 0.850. The third kappa shape index (κ3) is 3.43. The van der Waals surface area contributed by atoms with Crippen molar-refractivity contribution < 1.29 is 4.74 Å². The van der Waals surface area contributed by atoms with Crippen LogP contribution in [-0.4, -0.2) is 44.2 Å². The Morgan fingerprint density at radius 3 is 2.38 bits per heavy atom. The lowest BCUT2D eigenvalue weighted by Crippen LogP contribution is -2.46. The van der Waals surface area contributed by atoms with Gasteiger partial charge in [0.2, 0.25) is 0 Å². The van der Waals surface area contributed by atoms with E-state index in [1.165, 1.54) is 50.9 Å². The number of hydrogen-bond donors (Lipinski definition) is 1. The van der Waals surface area contributed by atoms with E-state index in [9.17, 15) is 0 Å². The van der Waals surface area contributed by atoms with Crippen LogP contribution in [0, 0.1) is 0 Å². The average Bonchev–Trinajstić information content (AvgIpc) is 2.55. The Labute approximate surface area is 127 Å². The number of anilines is 2. The van der Waals surface area contributed by atoms with Crippen molar-refractivity contribution in [3.05, 3.63) is 18.2 Å². The van der Waals surface area contributed by atoms with Gasteiger partial charge >= 0.3 is 0 Å². The maximum absolute atomic E-state index is 5.97. The molecule has 0 atom stereocenters. The Bertz CT molecular complexity index is 463. The lowest BCUT2D eigenvalue weighted by Gasteiger charge is -2.41. The number of hydrogen-bond acceptors (Lipinski definition) is 4. The lowest BCUT2D eigenvalue weighted by molar-refractivity contribution is 0.141. The molecule has 0 spiro atoms. The summed E-state index contributed by atoms with van der Waals surface area (Å²) in [4.78, 5) is 5.15. The summed E-state index contributed by atoms with van der Waals surface area (Å²) >= 11 is 0. The third-order valence-corrected chi connectivity index (χ3v) is 4.89. The summed E-state index contributed by atoms with van der Waals surface area (Å²) in [6.07, 6.45) is 6.70. The smallest absolute Gasteiger partial charge is 0.122 e. The van der Waals surface area contributed by atoms with Gasteiger partial charge in [-0.3, -0.25) is 0 Å². The molecule has 0 radical (unpaired) electrons. The molecule has 2 aliphatic heterocycles. The minimum absolute atomic E-state index is 0.780. The molecule has 1 aromatic rings. The first kappa shape index (κ1) is 14.5. The highest BCUT2D eigenvalue weighted by atomic mass is 16.5. The maximum Gasteiger partial charge on any atom is 0.122 e. The quantitative estimate of drug-likeness (QED) is 0.869. The van der Waals surface area contributed by atoms with Gasteiger partial charge in [0.1, 0.15) is 5.75 Å². The van der Waals surface area contributed by atoms with Crippen molar-refractivity contribution in [2.45, 2.75) is 38.1 Å². The Morgan fingerprint density at radius 2 is 1.71 bits per heavy atom. The SMILES string of the molecule is COc1cc(N)cc(N2CCC(N3CCCCC3)CC2)c1. The molecule has 0 aromatic heterocycles. The second kappa shape index (κ2) is 6.56. The molecule has 2 N–H and O–H groups in total. The Balaban J connectivity index is 1.61. The van der Waals surface area contributed by atoms with Crippen LogP contribution in [-0.2, 0) is 0 Å². The molecule has 4 heteroatoms. The monoisotopic (exact) mass is 289 g/mol. The van der Waals surface area contributed by atoms with Gasteiger partial charge < -0.3 is 20.3 Å². The van der Waals surface area contributed by atoms with Crippen LogP contribution in [0.2, 0.25) is 0 Å². The predicted octanol–water partition coefficient (Wildman–Crippen LogP) is 2.73. The molecule has 2 heterocycles. The van der Waals surface area contributed by atoms with E-state index in [0.29, 0.717) is 0 Å². The Kier molecular flexibility index (Phi) is 4.54. The first-order chi connectivity index (χ1) is 10.3. The predicted molar refractivity (Wildman–Crippen MR) is 88.1 cm³/mol. The summed E-state index contributed by atoms with van der Waals surface area (Å²) in [6.45, 7) is 4.84. The minimum Gasteiger partial charge on any atom is -0.497 e. The Morgan fingerprint density at radius 1 is 1.00 bits per heavy atom. The van der Waals surface area contributed by atoms with Crippen molar-refractivity contribution in [2.24, 2.45) is 0 Å². The van der Waals surface area contributed by atoms with Crippen molar-refractivity contribution in [2.75, 3.05) is 43.9 Å². The number of likely N-dealkylation sites (tertiary alicyclic amines) is 1. The first-order valence-electron chi connectivity index (χ1n) is 8.20. The highest BCUT2D eigenvalue weighted by Gasteiger charge is 2.25. The van der Waals surface area contributed by atoms with Gasteiger partial charge in [-0.25, -0.2) is 0 Å². The van der Waals surface area contributed by atoms with Gasteiger partial charge in [-0.05, 0) is 44.8 Å². The van der Waals surface area contributed by atoms with Crippen LogP contribution < -0.4 is 15.4 Å². The van der Waals surface area contributed by atoms with E-state index in [4.69, 9.17) is 10.5 Å². The average molecular weight is 289 g/mol. The highest BCUT2D eigenvalue weighted by molar-refractivity contribution is 5.60. The maximum atomic E-state index is 5.97. The fourth-order valence-corrected chi connectivity index (χ4v) is 3.68. The van der Waals surface area contributed by atoms with E-state index >= 15 is 0 Å². The van der Waals surface area contributed by atoms with Gasteiger partial charge in [-0.2, -0.15) is 0 Å². The Hall–Kier alpha value is -1.42. The molecule has 116 valence electrons. The number of rotatable bonds is 3. The molecule has 2 aliphatic rings. The molecule has 0 saturated carbocycles. The van der Waals surface area contributed by atoms with Crippen molar-refractivity contribution in [1.29, 1.82) is 0 Å². The molecule has 0 aliphatic carbocycles. The second-order valence-corrected chi connectivity index (χ2v) is 6.28. The zero-order chi connectivity index (χ0) is 14.7. The third-order valence-electron chi connectivity index (χ3n) is 4.89. The number of methoxy groups -OCH3 is 1. The van der Waals surface area contributed by atoms with Crippen molar-refractivity contribution >= 4 is 11.4 Å². The van der Waals surface area contributed by atoms with Gasteiger partial charge in [0, 0.05) is 42.6 Å². The van der Waals surface area contributed by atoms with Gasteiger partial charge in [0.15, 0.2) is 0 Å². The summed E-state index contributed by atoms with van der Waals surface area (Å²) in [5.41, 5.74) is 7.95. The normalized spacial score (nSPS) is 21.5. The molecule has 0 bridgehead atoms. The summed E-state index contributed by atoms with van der Waals surface area (Å²) < 4.78 is 5.33. The number of nitrogens with zero attached hydrogens (tertiary/aromatic N) is 2. The van der Waals surface area contributed by atoms with E-state index in [2.05, 4.69) is 21.9 Å². The van der Waals surface area contributed by atoms with Crippen LogP contribution in [0.4, 0.5) is 11.4 Å². The van der Waals surface area contributed by atoms with Gasteiger partial charge in [0.05, 0.1) is 7.11 Å². The molecule has 0 unspecified atom stereocenters. The highest BCUT2D eigenvalue weighted by Crippen LogP contribution is 2.29. The standard InChI is InChI=1S/C17H27N3O/c1-21-17-12-14(18)11-16(13-17)20-9-5-15(6-10-20)19-7-3-2-4-8-19/h11-13,15H,2-10,18H2,1H3. The van der Waals surface area contributed by atoms with Crippen LogP contribution in [0.25, 0.3) is 0 Å². The molecule has 4 nitrogen and oxygen atoms in total. The fraction of sp³-hybridized carbons (Fsp3) is 0.647. The van der Waals surface area contributed by atoms with Gasteiger partial charge in [-0.1, -0.05) is 6.42 Å².